The summed E-state index contributed by atoms with van der Waals surface area (Å²) < 4.78 is 5.05. The molecule has 0 fully saturated rings. The molecule has 2 amide bonds. The van der Waals surface area contributed by atoms with Crippen molar-refractivity contribution in [1.29, 1.82) is 0 Å². The van der Waals surface area contributed by atoms with E-state index in [9.17, 15) is 14.4 Å². The third-order valence-electron chi connectivity index (χ3n) is 3.84. The number of nitrogens with one attached hydrogen (secondary N) is 2. The summed E-state index contributed by atoms with van der Waals surface area (Å²) >= 11 is 0. The molecular weight excluding hydrogens is 356 g/mol. The fourth-order valence-corrected chi connectivity index (χ4v) is 2.60. The minimum atomic E-state index is -0.825. The zero-order chi connectivity index (χ0) is 20.4. The fraction of sp³-hybridized carbons (Fsp3) is 0.227. The van der Waals surface area contributed by atoms with E-state index in [1.54, 1.807) is 25.1 Å². The monoisotopic (exact) mass is 380 g/mol. The lowest BCUT2D eigenvalue weighted by Crippen LogP contribution is -2.47. The van der Waals surface area contributed by atoms with Crippen LogP contribution in [0.4, 0.5) is 0 Å². The number of hydrogen-bond donors (Lipinski definition) is 2. The lowest BCUT2D eigenvalue weighted by atomic mass is 10.0. The molecule has 0 radical (unpaired) electrons. The van der Waals surface area contributed by atoms with Gasteiger partial charge in [-0.3, -0.25) is 9.59 Å². The molecule has 0 aromatic heterocycles. The minimum absolute atomic E-state index is 0.0152. The van der Waals surface area contributed by atoms with Gasteiger partial charge in [0.2, 0.25) is 11.8 Å². The second-order valence-electron chi connectivity index (χ2n) is 6.12. The van der Waals surface area contributed by atoms with Crippen LogP contribution >= 0.6 is 0 Å². The van der Waals surface area contributed by atoms with Crippen LogP contribution in [0.25, 0.3) is 6.08 Å². The molecule has 146 valence electrons. The average Bonchev–Trinajstić information content (AvgIpc) is 2.68. The summed E-state index contributed by atoms with van der Waals surface area (Å²) in [4.78, 5) is 36.7. The molecule has 2 aromatic carbocycles. The maximum atomic E-state index is 12.8. The molecule has 0 unspecified atom stereocenters. The number of esters is 1. The van der Waals surface area contributed by atoms with Crippen molar-refractivity contribution in [1.82, 2.24) is 10.6 Å². The van der Waals surface area contributed by atoms with Gasteiger partial charge in [0.1, 0.15) is 11.7 Å². The molecule has 0 aliphatic rings. The smallest absolute Gasteiger partial charge is 0.354 e. The average molecular weight is 380 g/mol. The number of hydrogen-bond acceptors (Lipinski definition) is 4. The molecule has 0 saturated carbocycles. The Balaban J connectivity index is 2.23. The van der Waals surface area contributed by atoms with Gasteiger partial charge in [-0.1, -0.05) is 60.7 Å². The quantitative estimate of drug-likeness (QED) is 0.544. The van der Waals surface area contributed by atoms with E-state index < -0.39 is 17.9 Å². The van der Waals surface area contributed by atoms with Crippen LogP contribution < -0.4 is 10.6 Å². The van der Waals surface area contributed by atoms with Crippen LogP contribution in [0, 0.1) is 0 Å². The van der Waals surface area contributed by atoms with Gasteiger partial charge in [-0.05, 0) is 24.1 Å². The Kier molecular flexibility index (Phi) is 7.96. The Morgan fingerprint density at radius 1 is 1.00 bits per heavy atom. The van der Waals surface area contributed by atoms with E-state index in [0.717, 1.165) is 11.1 Å². The summed E-state index contributed by atoms with van der Waals surface area (Å²) in [5, 5.41) is 5.25. The van der Waals surface area contributed by atoms with Crippen molar-refractivity contribution < 1.29 is 19.1 Å². The number of carbonyl (C=O) groups excluding carboxylic acids is 3. The summed E-state index contributed by atoms with van der Waals surface area (Å²) in [5.74, 6) is -1.46. The third kappa shape index (κ3) is 6.72. The highest BCUT2D eigenvalue weighted by Gasteiger charge is 2.23. The normalized spacial score (nSPS) is 12.0. The standard InChI is InChI=1S/C22H24N2O4/c1-3-28-22(27)20(15-18-12-8-5-9-13-18)24-21(26)19(23-16(2)25)14-17-10-6-4-7-11-17/h4-13,15,19H,3,14H2,1-2H3,(H,23,25)(H,24,26)/b20-15-/t19-/m0/s1. The van der Waals surface area contributed by atoms with E-state index in [2.05, 4.69) is 10.6 Å². The molecule has 2 rings (SSSR count). The van der Waals surface area contributed by atoms with Crippen LogP contribution in [-0.2, 0) is 25.5 Å². The predicted molar refractivity (Wildman–Crippen MR) is 107 cm³/mol. The number of ether oxygens (including phenoxy) is 1. The summed E-state index contributed by atoms with van der Waals surface area (Å²) in [7, 11) is 0. The fourth-order valence-electron chi connectivity index (χ4n) is 2.60. The number of amides is 2. The molecule has 0 heterocycles. The van der Waals surface area contributed by atoms with Crippen LogP contribution in [0.1, 0.15) is 25.0 Å². The highest BCUT2D eigenvalue weighted by molar-refractivity contribution is 5.99. The van der Waals surface area contributed by atoms with Gasteiger partial charge < -0.3 is 15.4 Å². The summed E-state index contributed by atoms with van der Waals surface area (Å²) in [6, 6.07) is 17.6. The van der Waals surface area contributed by atoms with Crippen LogP contribution in [0.3, 0.4) is 0 Å². The first-order valence-electron chi connectivity index (χ1n) is 9.05. The first kappa shape index (κ1) is 20.9. The first-order valence-corrected chi connectivity index (χ1v) is 9.05. The molecule has 6 heteroatoms. The van der Waals surface area contributed by atoms with Crippen molar-refractivity contribution in [3.8, 4) is 0 Å². The Morgan fingerprint density at radius 3 is 2.18 bits per heavy atom. The van der Waals surface area contributed by atoms with Crippen LogP contribution in [-0.4, -0.2) is 30.4 Å². The van der Waals surface area contributed by atoms with Crippen molar-refractivity contribution >= 4 is 23.9 Å². The van der Waals surface area contributed by atoms with Crippen LogP contribution in [0.15, 0.2) is 66.4 Å². The van der Waals surface area contributed by atoms with E-state index in [1.165, 1.54) is 6.92 Å². The number of rotatable bonds is 8. The molecule has 1 atom stereocenters. The van der Waals surface area contributed by atoms with Gasteiger partial charge in [0.05, 0.1) is 6.61 Å². The topological polar surface area (TPSA) is 84.5 Å². The van der Waals surface area contributed by atoms with Gasteiger partial charge in [-0.25, -0.2) is 4.79 Å². The van der Waals surface area contributed by atoms with E-state index in [0.29, 0.717) is 6.42 Å². The Hall–Kier alpha value is -3.41. The first-order chi connectivity index (χ1) is 13.5. The van der Waals surface area contributed by atoms with Crippen molar-refractivity contribution in [2.24, 2.45) is 0 Å². The Labute approximate surface area is 164 Å². The van der Waals surface area contributed by atoms with E-state index in [-0.39, 0.29) is 18.2 Å². The summed E-state index contributed by atoms with van der Waals surface area (Å²) in [6.07, 6.45) is 1.84. The maximum Gasteiger partial charge on any atom is 0.354 e. The van der Waals surface area contributed by atoms with Crippen molar-refractivity contribution in [3.63, 3.8) is 0 Å². The molecule has 6 nitrogen and oxygen atoms in total. The van der Waals surface area contributed by atoms with Gasteiger partial charge in [0, 0.05) is 13.3 Å². The highest BCUT2D eigenvalue weighted by Crippen LogP contribution is 2.09. The molecule has 0 spiro atoms. The van der Waals surface area contributed by atoms with E-state index >= 15 is 0 Å². The molecular formula is C22H24N2O4. The van der Waals surface area contributed by atoms with Crippen LogP contribution in [0.2, 0.25) is 0 Å². The van der Waals surface area contributed by atoms with Gasteiger partial charge in [0.25, 0.3) is 0 Å². The van der Waals surface area contributed by atoms with Gasteiger partial charge in [0.15, 0.2) is 0 Å². The second kappa shape index (κ2) is 10.7. The molecule has 0 aliphatic carbocycles. The predicted octanol–water partition coefficient (Wildman–Crippen LogP) is 2.45. The Morgan fingerprint density at radius 2 is 1.61 bits per heavy atom. The summed E-state index contributed by atoms with van der Waals surface area (Å²) in [5.41, 5.74) is 1.65. The zero-order valence-electron chi connectivity index (χ0n) is 16.0. The van der Waals surface area contributed by atoms with E-state index in [1.807, 2.05) is 48.5 Å². The van der Waals surface area contributed by atoms with E-state index in [4.69, 9.17) is 4.74 Å². The maximum absolute atomic E-state index is 12.8. The SMILES string of the molecule is CCOC(=O)/C(=C/c1ccccc1)NC(=O)[C@H](Cc1ccccc1)NC(C)=O. The van der Waals surface area contributed by atoms with Crippen molar-refractivity contribution in [3.05, 3.63) is 77.5 Å². The van der Waals surface area contributed by atoms with Crippen molar-refractivity contribution in [2.75, 3.05) is 6.61 Å². The largest absolute Gasteiger partial charge is 0.461 e. The molecule has 0 bridgehead atoms. The Bertz CT molecular complexity index is 832. The molecule has 2 aromatic rings. The third-order valence-corrected chi connectivity index (χ3v) is 3.84. The van der Waals surface area contributed by atoms with Gasteiger partial charge in [-0.15, -0.1) is 0 Å². The van der Waals surface area contributed by atoms with Gasteiger partial charge in [-0.2, -0.15) is 0 Å². The van der Waals surface area contributed by atoms with Crippen molar-refractivity contribution in [2.45, 2.75) is 26.3 Å². The molecule has 2 N–H and O–H groups in total. The lowest BCUT2D eigenvalue weighted by molar-refractivity contribution is -0.140. The highest BCUT2D eigenvalue weighted by atomic mass is 16.5. The molecule has 28 heavy (non-hydrogen) atoms. The summed E-state index contributed by atoms with van der Waals surface area (Å²) in [6.45, 7) is 3.21. The minimum Gasteiger partial charge on any atom is -0.461 e. The second-order valence-corrected chi connectivity index (χ2v) is 6.12. The van der Waals surface area contributed by atoms with Crippen LogP contribution in [0.5, 0.6) is 0 Å². The number of carbonyl (C=O) groups is 3. The molecule has 0 saturated heterocycles. The van der Waals surface area contributed by atoms with Gasteiger partial charge >= 0.3 is 5.97 Å². The molecule has 0 aliphatic heterocycles. The zero-order valence-corrected chi connectivity index (χ0v) is 16.0. The lowest BCUT2D eigenvalue weighted by Gasteiger charge is -2.18. The number of benzene rings is 2.